The number of hydrogen-bond donors (Lipinski definition) is 5. The Morgan fingerprint density at radius 3 is 2.15 bits per heavy atom. The second-order valence-electron chi connectivity index (χ2n) is 11.0. The first-order valence-electron chi connectivity index (χ1n) is 14.4. The maximum absolute atomic E-state index is 13.0. The van der Waals surface area contributed by atoms with Crippen LogP contribution in [0.5, 0.6) is 5.75 Å². The number of piperidine rings is 1. The molecule has 1 aromatic heterocycles. The van der Waals surface area contributed by atoms with Gasteiger partial charge >= 0.3 is 24.3 Å². The molecular weight excluding hydrogens is 643 g/mol. The van der Waals surface area contributed by atoms with E-state index >= 15 is 0 Å². The Kier molecular flexibility index (Phi) is 10.5. The zero-order valence-corrected chi connectivity index (χ0v) is 25.3. The number of amides is 6. The monoisotopic (exact) mass is 673 g/mol. The van der Waals surface area contributed by atoms with Crippen molar-refractivity contribution in [3.8, 4) is 5.75 Å². The summed E-state index contributed by atoms with van der Waals surface area (Å²) in [4.78, 5) is 76.8. The van der Waals surface area contributed by atoms with Crippen molar-refractivity contribution in [2.75, 3.05) is 19.6 Å². The maximum Gasteiger partial charge on any atom is 0.490 e. The van der Waals surface area contributed by atoms with Gasteiger partial charge in [0.25, 0.3) is 5.91 Å². The quantitative estimate of drug-likeness (QED) is 0.232. The van der Waals surface area contributed by atoms with Gasteiger partial charge in [0.2, 0.25) is 11.8 Å². The number of carboxylic acid groups (broad SMARTS) is 2. The van der Waals surface area contributed by atoms with Gasteiger partial charge in [-0.05, 0) is 62.1 Å². The number of carboxylic acids is 1. The number of halogens is 3. The molecule has 6 amide bonds. The van der Waals surface area contributed by atoms with E-state index in [-0.39, 0.29) is 38.0 Å². The van der Waals surface area contributed by atoms with E-state index in [9.17, 15) is 42.3 Å². The highest BCUT2D eigenvalue weighted by Gasteiger charge is 2.56. The number of aryl methyl sites for hydroxylation is 1. The molecule has 5 N–H and O–H groups in total. The van der Waals surface area contributed by atoms with Crippen LogP contribution in [0.15, 0.2) is 54.6 Å². The summed E-state index contributed by atoms with van der Waals surface area (Å²) in [6.45, 7) is 2.12. The van der Waals surface area contributed by atoms with E-state index < -0.39 is 53.3 Å². The average molecular weight is 674 g/mol. The summed E-state index contributed by atoms with van der Waals surface area (Å²) in [5.74, 6) is -4.95. The van der Waals surface area contributed by atoms with Gasteiger partial charge in [-0.1, -0.05) is 18.2 Å². The summed E-state index contributed by atoms with van der Waals surface area (Å²) in [6.07, 6.45) is -5.74. The van der Waals surface area contributed by atoms with Crippen molar-refractivity contribution in [2.45, 2.75) is 32.5 Å². The number of nitrogens with one attached hydrogen (secondary N) is 3. The van der Waals surface area contributed by atoms with Crippen LogP contribution in [0.4, 0.5) is 22.8 Å². The summed E-state index contributed by atoms with van der Waals surface area (Å²) in [7, 11) is 0. The zero-order valence-electron chi connectivity index (χ0n) is 25.3. The van der Waals surface area contributed by atoms with Gasteiger partial charge in [-0.15, -0.1) is 0 Å². The largest absolute Gasteiger partial charge is 0.490 e. The maximum atomic E-state index is 13.0. The minimum Gasteiger partial charge on any atom is -0.489 e. The van der Waals surface area contributed by atoms with Crippen molar-refractivity contribution in [2.24, 2.45) is 11.3 Å². The molecule has 0 atom stereocenters. The highest BCUT2D eigenvalue weighted by atomic mass is 19.4. The summed E-state index contributed by atoms with van der Waals surface area (Å²) >= 11 is 0. The molecule has 14 nitrogen and oxygen atoms in total. The molecule has 2 fully saturated rings. The first-order valence-corrected chi connectivity index (χ1v) is 14.4. The number of imide groups is 2. The lowest BCUT2D eigenvalue weighted by molar-refractivity contribution is -0.192. The highest BCUT2D eigenvalue weighted by Crippen LogP contribution is 2.37. The number of rotatable bonds is 7. The number of hydrogen-bond acceptors (Lipinski definition) is 8. The topological polar surface area (TPSA) is 204 Å². The normalized spacial score (nSPS) is 16.2. The molecule has 48 heavy (non-hydrogen) atoms. The van der Waals surface area contributed by atoms with Crippen molar-refractivity contribution < 1.29 is 56.9 Å². The number of pyridine rings is 1. The molecule has 3 aromatic rings. The van der Waals surface area contributed by atoms with E-state index in [4.69, 9.17) is 14.6 Å². The predicted molar refractivity (Wildman–Crippen MR) is 160 cm³/mol. The second kappa shape index (κ2) is 14.4. The van der Waals surface area contributed by atoms with Crippen LogP contribution >= 0.6 is 0 Å². The lowest BCUT2D eigenvalue weighted by Gasteiger charge is -2.43. The third-order valence-corrected chi connectivity index (χ3v) is 7.94. The Hall–Kier alpha value is -5.74. The van der Waals surface area contributed by atoms with Crippen LogP contribution in [0.3, 0.4) is 0 Å². The van der Waals surface area contributed by atoms with Crippen molar-refractivity contribution in [1.29, 1.82) is 0 Å². The molecular formula is C31H30F3N5O9. The summed E-state index contributed by atoms with van der Waals surface area (Å²) in [5.41, 5.74) is 1.27. The van der Waals surface area contributed by atoms with Crippen LogP contribution in [0, 0.1) is 18.3 Å². The van der Waals surface area contributed by atoms with Crippen molar-refractivity contribution in [3.63, 3.8) is 0 Å². The zero-order chi connectivity index (χ0) is 35.2. The van der Waals surface area contributed by atoms with E-state index in [1.54, 1.807) is 24.3 Å². The molecule has 3 heterocycles. The summed E-state index contributed by atoms with van der Waals surface area (Å²) in [6, 6.07) is 15.3. The third-order valence-electron chi connectivity index (χ3n) is 7.94. The number of aliphatic carboxylic acids is 1. The van der Waals surface area contributed by atoms with Crippen molar-refractivity contribution >= 4 is 46.7 Å². The van der Waals surface area contributed by atoms with Crippen LogP contribution in [0.2, 0.25) is 0 Å². The molecule has 0 bridgehead atoms. The first-order chi connectivity index (χ1) is 22.6. The first kappa shape index (κ1) is 35.1. The number of carbonyl (C=O) groups excluding carboxylic acids is 4. The number of ether oxygens (including phenoxy) is 1. The second-order valence-corrected chi connectivity index (χ2v) is 11.0. The summed E-state index contributed by atoms with van der Waals surface area (Å²) in [5, 5.41) is 24.3. The number of nitrogens with zero attached hydrogens (tertiary/aromatic N) is 2. The van der Waals surface area contributed by atoms with Crippen LogP contribution in [0.25, 0.3) is 10.9 Å². The average Bonchev–Trinajstić information content (AvgIpc) is 3.03. The fourth-order valence-corrected chi connectivity index (χ4v) is 5.50. The van der Waals surface area contributed by atoms with Crippen LogP contribution in [0.1, 0.15) is 34.5 Å². The van der Waals surface area contributed by atoms with Gasteiger partial charge in [0, 0.05) is 41.8 Å². The van der Waals surface area contributed by atoms with Crippen LogP contribution < -0.4 is 20.7 Å². The number of urea groups is 1. The number of fused-ring (bicyclic) bond motifs is 1. The Labute approximate surface area is 270 Å². The molecule has 0 radical (unpaired) electrons. The van der Waals surface area contributed by atoms with E-state index in [1.807, 2.05) is 37.3 Å². The van der Waals surface area contributed by atoms with Gasteiger partial charge in [0.1, 0.15) is 17.8 Å². The van der Waals surface area contributed by atoms with Crippen LogP contribution in [-0.4, -0.2) is 81.7 Å². The Morgan fingerprint density at radius 1 is 1.00 bits per heavy atom. The lowest BCUT2D eigenvalue weighted by atomic mass is 9.68. The van der Waals surface area contributed by atoms with Gasteiger partial charge in [0.15, 0.2) is 0 Å². The molecule has 254 valence electrons. The van der Waals surface area contributed by atoms with Crippen molar-refractivity contribution in [3.05, 3.63) is 71.4 Å². The van der Waals surface area contributed by atoms with Gasteiger partial charge < -0.3 is 25.2 Å². The SMILES string of the molecule is Cc1cc(COc2ccc(C(=O)NCC3(C4CCN(C(=O)O)CC4)C(=O)NC(=O)NC3=O)cc2)c2ccccc2n1.O=C(O)C(F)(F)F. The molecule has 2 aliphatic rings. The Morgan fingerprint density at radius 2 is 1.58 bits per heavy atom. The third kappa shape index (κ3) is 7.97. The Balaban J connectivity index is 0.000000671. The molecule has 0 aliphatic carbocycles. The summed E-state index contributed by atoms with van der Waals surface area (Å²) < 4.78 is 37.7. The molecule has 2 aromatic carbocycles. The predicted octanol–water partition coefficient (Wildman–Crippen LogP) is 3.23. The molecule has 0 unspecified atom stereocenters. The fraction of sp³-hybridized carbons (Fsp3) is 0.323. The van der Waals surface area contributed by atoms with Gasteiger partial charge in [-0.25, -0.2) is 14.4 Å². The minimum absolute atomic E-state index is 0.126. The number of carbonyl (C=O) groups is 6. The number of aromatic nitrogens is 1. The number of barbiturate groups is 1. The standard InChI is InChI=1S/C29H29N5O7.C2HF3O2/c1-17-14-19(22-4-2-3-5-23(22)31-17)15-41-21-8-6-18(7-9-21)24(35)30-16-29(25(36)32-27(38)33-26(29)37)20-10-12-34(13-11-20)28(39)40;3-2(4,5)1(6)7/h2-9,14,20H,10-13,15-16H2,1H3,(H,30,35)(H,39,40)(H2,32,33,36,37,38);(H,6,7). The van der Waals surface area contributed by atoms with Crippen molar-refractivity contribution in [1.82, 2.24) is 25.8 Å². The van der Waals surface area contributed by atoms with Gasteiger partial charge in [-0.3, -0.25) is 30.0 Å². The minimum atomic E-state index is -5.08. The highest BCUT2D eigenvalue weighted by molar-refractivity contribution is 6.19. The van der Waals surface area contributed by atoms with E-state index in [0.717, 1.165) is 22.2 Å². The number of likely N-dealkylation sites (tertiary alicyclic amines) is 1. The number of para-hydroxylation sites is 1. The molecule has 2 aliphatic heterocycles. The van der Waals surface area contributed by atoms with E-state index in [0.29, 0.717) is 12.4 Å². The Bertz CT molecular complexity index is 1720. The van der Waals surface area contributed by atoms with Gasteiger partial charge in [0.05, 0.1) is 5.52 Å². The fourth-order valence-electron chi connectivity index (χ4n) is 5.50. The molecule has 17 heteroatoms. The smallest absolute Gasteiger partial charge is 0.489 e. The number of benzene rings is 2. The molecule has 0 spiro atoms. The van der Waals surface area contributed by atoms with E-state index in [2.05, 4.69) is 20.9 Å². The molecule has 0 saturated carbocycles. The lowest BCUT2D eigenvalue weighted by Crippen LogP contribution is -2.68. The van der Waals surface area contributed by atoms with Gasteiger partial charge in [-0.2, -0.15) is 13.2 Å². The number of alkyl halides is 3. The molecule has 5 rings (SSSR count). The van der Waals surface area contributed by atoms with Crippen LogP contribution in [-0.2, 0) is 21.0 Å². The van der Waals surface area contributed by atoms with E-state index in [1.165, 1.54) is 4.90 Å². The molecule has 2 saturated heterocycles.